The van der Waals surface area contributed by atoms with Crippen LogP contribution in [0, 0.1) is 6.92 Å². The van der Waals surface area contributed by atoms with Crippen LogP contribution in [0.15, 0.2) is 9.00 Å². The van der Waals surface area contributed by atoms with Crippen molar-refractivity contribution in [1.29, 1.82) is 0 Å². The number of nitrogens with one attached hydrogen (secondary N) is 1. The molecule has 0 aliphatic rings. The Labute approximate surface area is 105 Å². The van der Waals surface area contributed by atoms with E-state index in [-0.39, 0.29) is 9.08 Å². The molecule has 98 valence electrons. The molecule has 0 aliphatic heterocycles. The second kappa shape index (κ2) is 5.30. The third kappa shape index (κ3) is 3.38. The van der Waals surface area contributed by atoms with E-state index in [0.717, 1.165) is 11.3 Å². The van der Waals surface area contributed by atoms with Crippen LogP contribution in [0.25, 0.3) is 0 Å². The second-order valence-electron chi connectivity index (χ2n) is 4.06. The molecule has 0 fully saturated rings. The van der Waals surface area contributed by atoms with Crippen molar-refractivity contribution in [2.45, 2.75) is 11.1 Å². The molecular weight excluding hydrogens is 262 g/mol. The lowest BCUT2D eigenvalue weighted by molar-refractivity contribution is 0.358. The van der Waals surface area contributed by atoms with E-state index in [4.69, 9.17) is 0 Å². The number of hydrogen-bond acceptors (Lipinski definition) is 5. The van der Waals surface area contributed by atoms with Gasteiger partial charge in [-0.15, -0.1) is 0 Å². The summed E-state index contributed by atoms with van der Waals surface area (Å²) < 4.78 is 25.6. The van der Waals surface area contributed by atoms with E-state index in [1.807, 2.05) is 19.0 Å². The molecule has 0 spiro atoms. The zero-order valence-corrected chi connectivity index (χ0v) is 12.0. The largest absolute Gasteiger partial charge is 0.315 e. The van der Waals surface area contributed by atoms with Crippen LogP contribution in [0.4, 0.5) is 0 Å². The molecule has 1 N–H and O–H groups in total. The highest BCUT2D eigenvalue weighted by Crippen LogP contribution is 2.19. The minimum Gasteiger partial charge on any atom is -0.315 e. The van der Waals surface area contributed by atoms with Gasteiger partial charge in [0, 0.05) is 25.8 Å². The Morgan fingerprint density at radius 1 is 1.24 bits per heavy atom. The lowest BCUT2D eigenvalue weighted by Crippen LogP contribution is -2.33. The van der Waals surface area contributed by atoms with Crippen LogP contribution in [0.2, 0.25) is 0 Å². The first-order chi connectivity index (χ1) is 7.75. The molecule has 1 heterocycles. The molecule has 0 radical (unpaired) electrons. The highest BCUT2D eigenvalue weighted by molar-refractivity contribution is 7.91. The number of thiazole rings is 1. The highest BCUT2D eigenvalue weighted by Gasteiger charge is 2.25. The molecule has 0 unspecified atom stereocenters. The van der Waals surface area contributed by atoms with Gasteiger partial charge in [-0.2, -0.15) is 4.31 Å². The molecule has 17 heavy (non-hydrogen) atoms. The number of aryl methyl sites for hydroxylation is 1. The van der Waals surface area contributed by atoms with Crippen molar-refractivity contribution in [1.82, 2.24) is 14.2 Å². The number of H-pyrrole nitrogens is 1. The molecule has 0 aliphatic carbocycles. The van der Waals surface area contributed by atoms with Gasteiger partial charge in [-0.3, -0.25) is 4.79 Å². The fourth-order valence-corrected chi connectivity index (χ4v) is 3.89. The first-order valence-electron chi connectivity index (χ1n) is 5.06. The summed E-state index contributed by atoms with van der Waals surface area (Å²) >= 11 is 0.730. The molecule has 0 saturated carbocycles. The Morgan fingerprint density at radius 2 is 1.82 bits per heavy atom. The van der Waals surface area contributed by atoms with E-state index < -0.39 is 10.0 Å². The number of nitrogens with zero attached hydrogens (tertiary/aromatic N) is 2. The number of rotatable bonds is 5. The number of sulfonamides is 1. The van der Waals surface area contributed by atoms with Crippen LogP contribution in [0.1, 0.15) is 5.69 Å². The van der Waals surface area contributed by atoms with Gasteiger partial charge in [-0.1, -0.05) is 11.3 Å². The smallest absolute Gasteiger partial charge is 0.305 e. The molecule has 1 aromatic rings. The zero-order chi connectivity index (χ0) is 13.2. The summed E-state index contributed by atoms with van der Waals surface area (Å²) in [4.78, 5) is 15.2. The summed E-state index contributed by atoms with van der Waals surface area (Å²) in [6, 6.07) is 0. The predicted molar refractivity (Wildman–Crippen MR) is 68.0 cm³/mol. The zero-order valence-electron chi connectivity index (χ0n) is 10.3. The third-order valence-corrected chi connectivity index (χ3v) is 5.73. The van der Waals surface area contributed by atoms with Crippen molar-refractivity contribution in [3.05, 3.63) is 15.4 Å². The highest BCUT2D eigenvalue weighted by atomic mass is 32.2. The molecule has 0 amide bonds. The van der Waals surface area contributed by atoms with E-state index in [1.54, 1.807) is 6.92 Å². The lowest BCUT2D eigenvalue weighted by Gasteiger charge is -2.18. The Morgan fingerprint density at radius 3 is 2.24 bits per heavy atom. The van der Waals surface area contributed by atoms with Gasteiger partial charge in [0.1, 0.15) is 0 Å². The van der Waals surface area contributed by atoms with Crippen molar-refractivity contribution in [2.24, 2.45) is 0 Å². The van der Waals surface area contributed by atoms with Gasteiger partial charge in [-0.05, 0) is 21.0 Å². The van der Waals surface area contributed by atoms with E-state index in [0.29, 0.717) is 18.8 Å². The number of aromatic amines is 1. The van der Waals surface area contributed by atoms with Gasteiger partial charge in [0.15, 0.2) is 4.21 Å². The van der Waals surface area contributed by atoms with E-state index in [1.165, 1.54) is 11.4 Å². The first kappa shape index (κ1) is 14.4. The molecular formula is C9H17N3O3S2. The maximum atomic E-state index is 12.1. The van der Waals surface area contributed by atoms with E-state index >= 15 is 0 Å². The third-order valence-electron chi connectivity index (χ3n) is 2.29. The molecule has 0 atom stereocenters. The van der Waals surface area contributed by atoms with Gasteiger partial charge in [0.2, 0.25) is 0 Å². The maximum absolute atomic E-state index is 12.1. The Bertz CT molecular complexity index is 530. The normalized spacial score (nSPS) is 12.6. The van der Waals surface area contributed by atoms with Crippen LogP contribution < -0.4 is 4.87 Å². The van der Waals surface area contributed by atoms with Crippen molar-refractivity contribution < 1.29 is 8.42 Å². The number of hydrogen-bond donors (Lipinski definition) is 1. The van der Waals surface area contributed by atoms with Crippen molar-refractivity contribution in [3.8, 4) is 0 Å². The predicted octanol–water partition coefficient (Wildman–Crippen LogP) is -0.0731. The molecule has 6 nitrogen and oxygen atoms in total. The fourth-order valence-electron chi connectivity index (χ4n) is 1.24. The number of aromatic nitrogens is 1. The average molecular weight is 279 g/mol. The van der Waals surface area contributed by atoms with Crippen LogP contribution in [-0.2, 0) is 10.0 Å². The van der Waals surface area contributed by atoms with Gasteiger partial charge in [-0.25, -0.2) is 8.42 Å². The number of likely N-dealkylation sites (N-methyl/N-ethyl adjacent to an activating group) is 2. The fraction of sp³-hybridized carbons (Fsp3) is 0.667. The summed E-state index contributed by atoms with van der Waals surface area (Å²) in [6.07, 6.45) is 0. The lowest BCUT2D eigenvalue weighted by atomic mass is 10.6. The first-order valence-corrected chi connectivity index (χ1v) is 7.31. The molecule has 1 rings (SSSR count). The maximum Gasteiger partial charge on any atom is 0.305 e. The van der Waals surface area contributed by atoms with Crippen molar-refractivity contribution in [3.63, 3.8) is 0 Å². The summed E-state index contributed by atoms with van der Waals surface area (Å²) in [6.45, 7) is 2.61. The monoisotopic (exact) mass is 279 g/mol. The van der Waals surface area contributed by atoms with Gasteiger partial charge in [0.05, 0.1) is 0 Å². The average Bonchev–Trinajstić information content (AvgIpc) is 2.54. The van der Waals surface area contributed by atoms with Crippen molar-refractivity contribution in [2.75, 3.05) is 34.2 Å². The molecule has 8 heteroatoms. The van der Waals surface area contributed by atoms with Gasteiger partial charge in [0.25, 0.3) is 10.0 Å². The summed E-state index contributed by atoms with van der Waals surface area (Å²) in [5, 5.41) is 0. The minimum absolute atomic E-state index is 0.101. The second-order valence-corrected chi connectivity index (χ2v) is 7.28. The Hall–Kier alpha value is -0.700. The SMILES string of the molecule is Cc1[nH]c(=O)sc1S(=O)(=O)N(C)CCN(C)C. The van der Waals surface area contributed by atoms with Crippen LogP contribution in [0.5, 0.6) is 0 Å². The molecule has 1 aromatic heterocycles. The van der Waals surface area contributed by atoms with Crippen LogP contribution >= 0.6 is 11.3 Å². The standard InChI is InChI=1S/C9H17N3O3S2/c1-7-8(16-9(13)10-7)17(14,15)12(4)6-5-11(2)3/h5-6H2,1-4H3,(H,10,13). The van der Waals surface area contributed by atoms with Crippen LogP contribution in [0.3, 0.4) is 0 Å². The van der Waals surface area contributed by atoms with E-state index in [9.17, 15) is 13.2 Å². The summed E-state index contributed by atoms with van der Waals surface area (Å²) in [5.41, 5.74) is 0.400. The topological polar surface area (TPSA) is 73.5 Å². The molecule has 0 saturated heterocycles. The van der Waals surface area contributed by atoms with Gasteiger partial charge >= 0.3 is 4.87 Å². The summed E-state index contributed by atoms with van der Waals surface area (Å²) in [7, 11) is 1.72. The molecule has 0 aromatic carbocycles. The Kier molecular flexibility index (Phi) is 4.48. The van der Waals surface area contributed by atoms with Crippen LogP contribution in [-0.4, -0.2) is 56.8 Å². The Balaban J connectivity index is 2.95. The minimum atomic E-state index is -3.55. The van der Waals surface area contributed by atoms with E-state index in [2.05, 4.69) is 4.98 Å². The van der Waals surface area contributed by atoms with Gasteiger partial charge < -0.3 is 9.88 Å². The quantitative estimate of drug-likeness (QED) is 0.818. The summed E-state index contributed by atoms with van der Waals surface area (Å²) in [5.74, 6) is 0. The van der Waals surface area contributed by atoms with Crippen molar-refractivity contribution >= 4 is 21.4 Å². The molecule has 0 bridgehead atoms.